The van der Waals surface area contributed by atoms with E-state index in [0.717, 1.165) is 5.56 Å². The van der Waals surface area contributed by atoms with Crippen LogP contribution in [0.25, 0.3) is 22.2 Å². The smallest absolute Gasteiger partial charge is 0.190 e. The highest BCUT2D eigenvalue weighted by atomic mass is 19.1. The molecule has 0 amide bonds. The molecule has 0 saturated carbocycles. The minimum absolute atomic E-state index is 0.101. The fourth-order valence-electron chi connectivity index (χ4n) is 2.21. The summed E-state index contributed by atoms with van der Waals surface area (Å²) in [5.74, 6) is -0.312. The van der Waals surface area contributed by atoms with Gasteiger partial charge in [-0.05, 0) is 24.6 Å². The van der Waals surface area contributed by atoms with Crippen LogP contribution in [0.2, 0.25) is 0 Å². The number of aromatic nitrogens is 1. The van der Waals surface area contributed by atoms with Gasteiger partial charge in [-0.25, -0.2) is 4.39 Å². The van der Waals surface area contributed by atoms with E-state index in [9.17, 15) is 9.18 Å². The Kier molecular flexibility index (Phi) is 2.67. The number of hydrogen-bond acceptors (Lipinski definition) is 1. The van der Waals surface area contributed by atoms with Crippen LogP contribution in [0, 0.1) is 12.7 Å². The molecule has 19 heavy (non-hydrogen) atoms. The quantitative estimate of drug-likeness (QED) is 0.705. The number of benzene rings is 2. The zero-order valence-corrected chi connectivity index (χ0v) is 10.4. The van der Waals surface area contributed by atoms with E-state index < -0.39 is 0 Å². The minimum Gasteiger partial charge on any atom is -0.354 e. The fraction of sp³-hybridized carbons (Fsp3) is 0.0625. The maximum absolute atomic E-state index is 13.6. The summed E-state index contributed by atoms with van der Waals surface area (Å²) in [5, 5.41) is 0.513. The maximum atomic E-state index is 13.6. The van der Waals surface area contributed by atoms with Crippen LogP contribution in [0.3, 0.4) is 0 Å². The third-order valence-electron chi connectivity index (χ3n) is 3.28. The van der Waals surface area contributed by atoms with Crippen molar-refractivity contribution in [2.45, 2.75) is 6.92 Å². The number of nitrogens with one attached hydrogen (secondary N) is 1. The Morgan fingerprint density at radius 3 is 2.53 bits per heavy atom. The zero-order chi connectivity index (χ0) is 13.4. The van der Waals surface area contributed by atoms with Crippen LogP contribution in [0.4, 0.5) is 4.39 Å². The predicted octanol–water partition coefficient (Wildman–Crippen LogP) is 3.64. The topological polar surface area (TPSA) is 32.9 Å². The fourth-order valence-corrected chi connectivity index (χ4v) is 2.21. The van der Waals surface area contributed by atoms with Crippen LogP contribution in [0.5, 0.6) is 0 Å². The van der Waals surface area contributed by atoms with Crippen molar-refractivity contribution in [1.29, 1.82) is 0 Å². The Morgan fingerprint density at radius 1 is 1.05 bits per heavy atom. The van der Waals surface area contributed by atoms with Crippen molar-refractivity contribution in [2.75, 3.05) is 0 Å². The number of halogens is 1. The van der Waals surface area contributed by atoms with Crippen molar-refractivity contribution >= 4 is 10.9 Å². The Morgan fingerprint density at radius 2 is 1.79 bits per heavy atom. The third kappa shape index (κ3) is 1.93. The van der Waals surface area contributed by atoms with Crippen molar-refractivity contribution in [3.8, 4) is 11.3 Å². The summed E-state index contributed by atoms with van der Waals surface area (Å²) in [6.07, 6.45) is 0. The van der Waals surface area contributed by atoms with Crippen LogP contribution in [-0.4, -0.2) is 4.98 Å². The van der Waals surface area contributed by atoms with Crippen molar-refractivity contribution in [3.63, 3.8) is 0 Å². The number of hydrogen-bond donors (Lipinski definition) is 1. The Labute approximate surface area is 109 Å². The van der Waals surface area contributed by atoms with Crippen molar-refractivity contribution < 1.29 is 4.39 Å². The Bertz CT molecular complexity index is 806. The SMILES string of the molecule is Cc1c(F)ccc2c(=O)cc(-c3ccccc3)[nH]c12. The van der Waals surface area contributed by atoms with Gasteiger partial charge in [-0.15, -0.1) is 0 Å². The molecule has 0 spiro atoms. The molecule has 3 rings (SSSR count). The first-order valence-electron chi connectivity index (χ1n) is 6.04. The first-order chi connectivity index (χ1) is 9.16. The van der Waals surface area contributed by atoms with E-state index in [1.54, 1.807) is 13.0 Å². The highest BCUT2D eigenvalue weighted by molar-refractivity contribution is 5.84. The molecule has 3 heteroatoms. The van der Waals surface area contributed by atoms with Crippen LogP contribution in [-0.2, 0) is 0 Å². The van der Waals surface area contributed by atoms with Gasteiger partial charge in [-0.3, -0.25) is 4.79 Å². The molecular weight excluding hydrogens is 241 g/mol. The second kappa shape index (κ2) is 4.35. The van der Waals surface area contributed by atoms with Gasteiger partial charge in [0.05, 0.1) is 5.52 Å². The molecule has 1 aromatic heterocycles. The second-order valence-electron chi connectivity index (χ2n) is 4.51. The summed E-state index contributed by atoms with van der Waals surface area (Å²) in [4.78, 5) is 15.2. The molecule has 0 aliphatic rings. The van der Waals surface area contributed by atoms with Gasteiger partial charge in [0.2, 0.25) is 0 Å². The van der Waals surface area contributed by atoms with Gasteiger partial charge in [-0.2, -0.15) is 0 Å². The standard InChI is InChI=1S/C16H12FNO/c1-10-13(17)8-7-12-15(19)9-14(18-16(10)12)11-5-3-2-4-6-11/h2-9H,1H3,(H,18,19). The number of H-pyrrole nitrogens is 1. The van der Waals surface area contributed by atoms with Gasteiger partial charge in [-0.1, -0.05) is 30.3 Å². The van der Waals surface area contributed by atoms with Crippen LogP contribution in [0.15, 0.2) is 53.3 Å². The van der Waals surface area contributed by atoms with Gasteiger partial charge in [0.25, 0.3) is 0 Å². The van der Waals surface area contributed by atoms with E-state index in [-0.39, 0.29) is 11.2 Å². The van der Waals surface area contributed by atoms with Gasteiger partial charge in [0.15, 0.2) is 5.43 Å². The second-order valence-corrected chi connectivity index (χ2v) is 4.51. The number of aromatic amines is 1. The van der Waals surface area contributed by atoms with E-state index >= 15 is 0 Å². The van der Waals surface area contributed by atoms with Gasteiger partial charge in [0.1, 0.15) is 5.82 Å². The molecule has 2 aromatic carbocycles. The van der Waals surface area contributed by atoms with Gasteiger partial charge in [0, 0.05) is 22.7 Å². The number of aryl methyl sites for hydroxylation is 1. The first kappa shape index (κ1) is 11.7. The van der Waals surface area contributed by atoms with Crippen molar-refractivity contribution in [1.82, 2.24) is 4.98 Å². The van der Waals surface area contributed by atoms with Gasteiger partial charge >= 0.3 is 0 Å². The molecule has 0 fully saturated rings. The monoisotopic (exact) mass is 253 g/mol. The molecule has 0 atom stereocenters. The zero-order valence-electron chi connectivity index (χ0n) is 10.4. The summed E-state index contributed by atoms with van der Waals surface area (Å²) < 4.78 is 13.6. The van der Waals surface area contributed by atoms with Gasteiger partial charge < -0.3 is 4.98 Å². The van der Waals surface area contributed by atoms with E-state index in [4.69, 9.17) is 0 Å². The molecule has 1 N–H and O–H groups in total. The molecular formula is C16H12FNO. The number of pyridine rings is 1. The lowest BCUT2D eigenvalue weighted by atomic mass is 10.1. The Hall–Kier alpha value is -2.42. The number of rotatable bonds is 1. The molecule has 94 valence electrons. The molecule has 1 heterocycles. The van der Waals surface area contributed by atoms with Crippen molar-refractivity contribution in [2.24, 2.45) is 0 Å². The highest BCUT2D eigenvalue weighted by Gasteiger charge is 2.08. The van der Waals surface area contributed by atoms with Crippen LogP contribution < -0.4 is 5.43 Å². The molecule has 0 bridgehead atoms. The number of fused-ring (bicyclic) bond motifs is 1. The predicted molar refractivity (Wildman–Crippen MR) is 74.7 cm³/mol. The molecule has 0 saturated heterocycles. The largest absolute Gasteiger partial charge is 0.354 e. The summed E-state index contributed by atoms with van der Waals surface area (Å²) in [7, 11) is 0. The lowest BCUT2D eigenvalue weighted by Crippen LogP contribution is -2.04. The lowest BCUT2D eigenvalue weighted by molar-refractivity contribution is 0.620. The maximum Gasteiger partial charge on any atom is 0.190 e. The van der Waals surface area contributed by atoms with Crippen molar-refractivity contribution in [3.05, 3.63) is 70.1 Å². The molecule has 2 nitrogen and oxygen atoms in total. The van der Waals surface area contributed by atoms with E-state index in [2.05, 4.69) is 4.98 Å². The highest BCUT2D eigenvalue weighted by Crippen LogP contribution is 2.21. The molecule has 0 radical (unpaired) electrons. The van der Waals surface area contributed by atoms with Crippen LogP contribution >= 0.6 is 0 Å². The van der Waals surface area contributed by atoms with Crippen LogP contribution in [0.1, 0.15) is 5.56 Å². The molecule has 0 aliphatic heterocycles. The molecule has 0 aliphatic carbocycles. The normalized spacial score (nSPS) is 10.8. The first-order valence-corrected chi connectivity index (χ1v) is 6.04. The molecule has 3 aromatic rings. The Balaban J connectivity index is 2.36. The summed E-state index contributed by atoms with van der Waals surface area (Å²) in [6.45, 7) is 1.67. The summed E-state index contributed by atoms with van der Waals surface area (Å²) in [5.41, 5.74) is 2.53. The lowest BCUT2D eigenvalue weighted by Gasteiger charge is -2.07. The van der Waals surface area contributed by atoms with E-state index in [1.807, 2.05) is 30.3 Å². The average molecular weight is 253 g/mol. The van der Waals surface area contributed by atoms with E-state index in [1.165, 1.54) is 12.1 Å². The third-order valence-corrected chi connectivity index (χ3v) is 3.28. The summed E-state index contributed by atoms with van der Waals surface area (Å²) in [6, 6.07) is 13.9. The minimum atomic E-state index is -0.312. The molecule has 0 unspecified atom stereocenters. The average Bonchev–Trinajstić information content (AvgIpc) is 2.44. The summed E-state index contributed by atoms with van der Waals surface area (Å²) >= 11 is 0. The van der Waals surface area contributed by atoms with E-state index in [0.29, 0.717) is 22.2 Å².